The highest BCUT2D eigenvalue weighted by atomic mass is 15.0. The second-order valence-electron chi connectivity index (χ2n) is 3.04. The monoisotopic (exact) mass is 176 g/mol. The zero-order chi connectivity index (χ0) is 9.10. The summed E-state index contributed by atoms with van der Waals surface area (Å²) in [5.41, 5.74) is 1.69. The van der Waals surface area contributed by atoms with Crippen LogP contribution in [-0.2, 0) is 6.42 Å². The second kappa shape index (κ2) is 3.51. The molecule has 0 aliphatic carbocycles. The van der Waals surface area contributed by atoms with E-state index in [4.69, 9.17) is 0 Å². The molecule has 0 bridgehead atoms. The van der Waals surface area contributed by atoms with Crippen molar-refractivity contribution < 1.29 is 0 Å². The molecule has 0 aromatic carbocycles. The minimum Gasteiger partial charge on any atom is -0.327 e. The van der Waals surface area contributed by atoms with Gasteiger partial charge in [0, 0.05) is 6.42 Å². The minimum atomic E-state index is 0.834. The number of H-pyrrole nitrogens is 1. The summed E-state index contributed by atoms with van der Waals surface area (Å²) < 4.78 is 0. The molecule has 1 N–H and O–H groups in total. The summed E-state index contributed by atoms with van der Waals surface area (Å²) in [6.07, 6.45) is 6.60. The molecule has 68 valence electrons. The van der Waals surface area contributed by atoms with Gasteiger partial charge >= 0.3 is 0 Å². The average Bonchev–Trinajstić information content (AvgIpc) is 2.57. The van der Waals surface area contributed by atoms with Crippen LogP contribution in [0.15, 0.2) is 12.5 Å². The van der Waals surface area contributed by atoms with Gasteiger partial charge in [-0.05, 0) is 6.42 Å². The minimum absolute atomic E-state index is 0.834. The van der Waals surface area contributed by atoms with Gasteiger partial charge in [0.1, 0.15) is 17.7 Å². The van der Waals surface area contributed by atoms with Crippen molar-refractivity contribution >= 4 is 11.2 Å². The molecule has 0 fully saturated rings. The van der Waals surface area contributed by atoms with E-state index in [0.29, 0.717) is 0 Å². The molecule has 0 aliphatic rings. The lowest BCUT2D eigenvalue weighted by molar-refractivity contribution is 0.764. The zero-order valence-electron chi connectivity index (χ0n) is 7.62. The van der Waals surface area contributed by atoms with Crippen LogP contribution in [0.2, 0.25) is 0 Å². The van der Waals surface area contributed by atoms with Crippen molar-refractivity contribution in [2.24, 2.45) is 0 Å². The van der Waals surface area contributed by atoms with Crippen molar-refractivity contribution in [2.45, 2.75) is 26.2 Å². The highest BCUT2D eigenvalue weighted by molar-refractivity contribution is 5.68. The third kappa shape index (κ3) is 1.66. The molecule has 13 heavy (non-hydrogen) atoms. The number of fused-ring (bicyclic) bond motifs is 1. The maximum atomic E-state index is 4.37. The Morgan fingerprint density at radius 1 is 1.46 bits per heavy atom. The smallest absolute Gasteiger partial charge is 0.160 e. The molecule has 0 amide bonds. The van der Waals surface area contributed by atoms with Gasteiger partial charge in [-0.1, -0.05) is 13.3 Å². The van der Waals surface area contributed by atoms with Crippen LogP contribution < -0.4 is 0 Å². The van der Waals surface area contributed by atoms with Crippen LogP contribution in [0.25, 0.3) is 11.2 Å². The Balaban J connectivity index is 2.28. The number of imidazole rings is 1. The lowest BCUT2D eigenvalue weighted by Crippen LogP contribution is -1.86. The fourth-order valence-electron chi connectivity index (χ4n) is 1.27. The molecule has 2 heterocycles. The summed E-state index contributed by atoms with van der Waals surface area (Å²) in [7, 11) is 0. The third-order valence-electron chi connectivity index (χ3n) is 1.98. The first kappa shape index (κ1) is 8.16. The zero-order valence-corrected chi connectivity index (χ0v) is 7.62. The van der Waals surface area contributed by atoms with Gasteiger partial charge in [0.25, 0.3) is 0 Å². The quantitative estimate of drug-likeness (QED) is 0.774. The van der Waals surface area contributed by atoms with Crippen molar-refractivity contribution in [1.29, 1.82) is 0 Å². The first-order valence-electron chi connectivity index (χ1n) is 4.54. The first-order chi connectivity index (χ1) is 6.40. The summed E-state index contributed by atoms with van der Waals surface area (Å²) in [4.78, 5) is 15.5. The SMILES string of the molecule is CCCCc1nc2cncnc2[nH]1. The molecule has 0 spiro atoms. The fourth-order valence-corrected chi connectivity index (χ4v) is 1.27. The van der Waals surface area contributed by atoms with Crippen LogP contribution in [0.4, 0.5) is 0 Å². The molecule has 0 saturated carbocycles. The van der Waals surface area contributed by atoms with E-state index in [9.17, 15) is 0 Å². The topological polar surface area (TPSA) is 54.5 Å². The van der Waals surface area contributed by atoms with Crippen LogP contribution in [0.1, 0.15) is 25.6 Å². The van der Waals surface area contributed by atoms with Gasteiger partial charge in [0.2, 0.25) is 0 Å². The van der Waals surface area contributed by atoms with Gasteiger partial charge < -0.3 is 4.98 Å². The molecule has 0 aliphatic heterocycles. The van der Waals surface area contributed by atoms with Gasteiger partial charge in [-0.3, -0.25) is 0 Å². The predicted octanol–water partition coefficient (Wildman–Crippen LogP) is 1.70. The Morgan fingerprint density at radius 2 is 2.38 bits per heavy atom. The third-order valence-corrected chi connectivity index (χ3v) is 1.98. The fraction of sp³-hybridized carbons (Fsp3) is 0.444. The number of nitrogens with zero attached hydrogens (tertiary/aromatic N) is 3. The number of rotatable bonds is 3. The number of aromatic nitrogens is 4. The number of aromatic amines is 1. The molecule has 0 radical (unpaired) electrons. The lowest BCUT2D eigenvalue weighted by atomic mass is 10.2. The lowest BCUT2D eigenvalue weighted by Gasteiger charge is -1.90. The molecule has 2 aromatic heterocycles. The maximum absolute atomic E-state index is 4.37. The summed E-state index contributed by atoms with van der Waals surface area (Å²) in [6.45, 7) is 2.17. The molecule has 4 heteroatoms. The molecule has 2 rings (SSSR count). The van der Waals surface area contributed by atoms with Crippen molar-refractivity contribution in [3.05, 3.63) is 18.3 Å². The van der Waals surface area contributed by atoms with Crippen molar-refractivity contribution in [1.82, 2.24) is 19.9 Å². The number of hydrogen-bond acceptors (Lipinski definition) is 3. The van der Waals surface area contributed by atoms with E-state index < -0.39 is 0 Å². The van der Waals surface area contributed by atoms with E-state index in [1.807, 2.05) is 0 Å². The normalized spacial score (nSPS) is 10.8. The molecule has 0 atom stereocenters. The first-order valence-corrected chi connectivity index (χ1v) is 4.54. The Morgan fingerprint density at radius 3 is 3.15 bits per heavy atom. The predicted molar refractivity (Wildman–Crippen MR) is 50.3 cm³/mol. The molecule has 0 saturated heterocycles. The Bertz CT molecular complexity index is 360. The number of hydrogen-bond donors (Lipinski definition) is 1. The molecule has 4 nitrogen and oxygen atoms in total. The molecular formula is C9H12N4. The van der Waals surface area contributed by atoms with Crippen LogP contribution in [0, 0.1) is 0 Å². The van der Waals surface area contributed by atoms with Crippen molar-refractivity contribution in [3.63, 3.8) is 0 Å². The van der Waals surface area contributed by atoms with E-state index >= 15 is 0 Å². The van der Waals surface area contributed by atoms with Crippen LogP contribution in [0.3, 0.4) is 0 Å². The van der Waals surface area contributed by atoms with Gasteiger partial charge in [0.05, 0.1) is 6.20 Å². The van der Waals surface area contributed by atoms with Crippen LogP contribution >= 0.6 is 0 Å². The van der Waals surface area contributed by atoms with Gasteiger partial charge in [0.15, 0.2) is 5.65 Å². The van der Waals surface area contributed by atoms with E-state index in [-0.39, 0.29) is 0 Å². The Kier molecular flexibility index (Phi) is 2.21. The van der Waals surface area contributed by atoms with Gasteiger partial charge in [-0.2, -0.15) is 0 Å². The van der Waals surface area contributed by atoms with Gasteiger partial charge in [-0.25, -0.2) is 15.0 Å². The van der Waals surface area contributed by atoms with Crippen LogP contribution in [0.5, 0.6) is 0 Å². The summed E-state index contributed by atoms with van der Waals surface area (Å²) in [6, 6.07) is 0. The average molecular weight is 176 g/mol. The maximum Gasteiger partial charge on any atom is 0.160 e. The second-order valence-corrected chi connectivity index (χ2v) is 3.04. The number of nitrogens with one attached hydrogen (secondary N) is 1. The van der Waals surface area contributed by atoms with E-state index in [1.165, 1.54) is 12.7 Å². The van der Waals surface area contributed by atoms with Crippen molar-refractivity contribution in [2.75, 3.05) is 0 Å². The number of aryl methyl sites for hydroxylation is 1. The van der Waals surface area contributed by atoms with Crippen LogP contribution in [-0.4, -0.2) is 19.9 Å². The molecule has 2 aromatic rings. The summed E-state index contributed by atoms with van der Waals surface area (Å²) in [5, 5.41) is 0. The standard InChI is InChI=1S/C9H12N4/c1-2-3-4-8-12-7-5-10-6-11-9(7)13-8/h5-6H,2-4H2,1H3,(H,10,11,12,13). The number of unbranched alkanes of at least 4 members (excludes halogenated alkanes) is 1. The van der Waals surface area contributed by atoms with Crippen molar-refractivity contribution in [3.8, 4) is 0 Å². The van der Waals surface area contributed by atoms with E-state index in [1.54, 1.807) is 6.20 Å². The Hall–Kier alpha value is -1.45. The van der Waals surface area contributed by atoms with Gasteiger partial charge in [-0.15, -0.1) is 0 Å². The van der Waals surface area contributed by atoms with E-state index in [0.717, 1.165) is 29.8 Å². The highest BCUT2D eigenvalue weighted by Gasteiger charge is 2.01. The molecule has 0 unspecified atom stereocenters. The summed E-state index contributed by atoms with van der Waals surface area (Å²) >= 11 is 0. The Labute approximate surface area is 76.4 Å². The van der Waals surface area contributed by atoms with E-state index in [2.05, 4.69) is 26.9 Å². The summed E-state index contributed by atoms with van der Waals surface area (Å²) in [5.74, 6) is 1.01. The highest BCUT2D eigenvalue weighted by Crippen LogP contribution is 2.07. The largest absolute Gasteiger partial charge is 0.327 e. The molecular weight excluding hydrogens is 164 g/mol.